The number of nitrogens with one attached hydrogen (secondary N) is 3. The Morgan fingerprint density at radius 2 is 1.60 bits per heavy atom. The van der Waals surface area contributed by atoms with E-state index in [4.69, 9.17) is 11.1 Å². The summed E-state index contributed by atoms with van der Waals surface area (Å²) >= 11 is 0. The molecule has 30 heavy (non-hydrogen) atoms. The maximum atomic E-state index is 12.9. The fourth-order valence-corrected chi connectivity index (χ4v) is 3.47. The standard InChI is InChI=1S/C23H47N5O2/c1-8-22(6,9-2)20(30)17-28(18(5)29)16-19(27-23(7,10-3)11-4)14-12-13-15-26-21(24)25/h19,27H,8-17H2,1-7H3,(H4,24,25,26)/t19-/m0/s1. The van der Waals surface area contributed by atoms with E-state index in [1.165, 1.54) is 0 Å². The Morgan fingerprint density at radius 1 is 1.03 bits per heavy atom. The summed E-state index contributed by atoms with van der Waals surface area (Å²) in [7, 11) is 0. The van der Waals surface area contributed by atoms with Crippen LogP contribution in [-0.4, -0.2) is 53.8 Å². The summed E-state index contributed by atoms with van der Waals surface area (Å²) in [6, 6.07) is 0.110. The quantitative estimate of drug-likeness (QED) is 0.172. The summed E-state index contributed by atoms with van der Waals surface area (Å²) < 4.78 is 0. The number of rotatable bonds is 16. The molecule has 0 aliphatic heterocycles. The Kier molecular flexibility index (Phi) is 12.9. The highest BCUT2D eigenvalue weighted by molar-refractivity contribution is 5.89. The number of carbonyl (C=O) groups is 2. The number of nitrogens with two attached hydrogens (primary N) is 1. The van der Waals surface area contributed by atoms with Gasteiger partial charge in [0.25, 0.3) is 0 Å². The Labute approximate surface area is 184 Å². The second-order valence-corrected chi connectivity index (χ2v) is 9.04. The molecule has 1 atom stereocenters. The molecule has 0 aliphatic carbocycles. The molecule has 7 heteroatoms. The smallest absolute Gasteiger partial charge is 0.219 e. The first kappa shape index (κ1) is 28.4. The highest BCUT2D eigenvalue weighted by Crippen LogP contribution is 2.27. The number of unbranched alkanes of at least 4 members (excludes halogenated alkanes) is 1. The van der Waals surface area contributed by atoms with Crippen molar-refractivity contribution in [3.05, 3.63) is 0 Å². The third kappa shape index (κ3) is 9.92. The highest BCUT2D eigenvalue weighted by Gasteiger charge is 2.32. The molecule has 0 heterocycles. The molecule has 1 amide bonds. The van der Waals surface area contributed by atoms with Crippen LogP contribution in [0, 0.1) is 10.8 Å². The minimum atomic E-state index is -0.379. The van der Waals surface area contributed by atoms with Crippen LogP contribution in [0.15, 0.2) is 0 Å². The summed E-state index contributed by atoms with van der Waals surface area (Å²) in [5.41, 5.74) is 4.96. The van der Waals surface area contributed by atoms with Crippen molar-refractivity contribution < 1.29 is 9.59 Å². The van der Waals surface area contributed by atoms with Gasteiger partial charge in [-0.2, -0.15) is 0 Å². The Hall–Kier alpha value is -1.63. The average Bonchev–Trinajstić information content (AvgIpc) is 2.71. The van der Waals surface area contributed by atoms with Gasteiger partial charge in [-0.25, -0.2) is 0 Å². The zero-order chi connectivity index (χ0) is 23.4. The Balaban J connectivity index is 5.24. The lowest BCUT2D eigenvalue weighted by atomic mass is 9.80. The first-order valence-corrected chi connectivity index (χ1v) is 11.6. The van der Waals surface area contributed by atoms with Gasteiger partial charge in [0.2, 0.25) is 5.91 Å². The van der Waals surface area contributed by atoms with Gasteiger partial charge in [0.05, 0.1) is 6.54 Å². The summed E-state index contributed by atoms with van der Waals surface area (Å²) in [5, 5.41) is 13.8. The maximum Gasteiger partial charge on any atom is 0.219 e. The van der Waals surface area contributed by atoms with Gasteiger partial charge in [-0.3, -0.25) is 15.0 Å². The zero-order valence-electron chi connectivity index (χ0n) is 20.5. The van der Waals surface area contributed by atoms with Crippen molar-refractivity contribution in [1.29, 1.82) is 5.41 Å². The van der Waals surface area contributed by atoms with E-state index in [1.807, 2.05) is 20.8 Å². The van der Waals surface area contributed by atoms with E-state index in [9.17, 15) is 9.59 Å². The molecular weight excluding hydrogens is 378 g/mol. The fourth-order valence-electron chi connectivity index (χ4n) is 3.47. The van der Waals surface area contributed by atoms with Crippen LogP contribution in [0.3, 0.4) is 0 Å². The summed E-state index contributed by atoms with van der Waals surface area (Å²) in [6.07, 6.45) is 6.29. The lowest BCUT2D eigenvalue weighted by molar-refractivity contribution is -0.138. The lowest BCUT2D eigenvalue weighted by Gasteiger charge is -2.37. The highest BCUT2D eigenvalue weighted by atomic mass is 16.2. The van der Waals surface area contributed by atoms with Gasteiger partial charge >= 0.3 is 0 Å². The Bertz CT molecular complexity index is 542. The van der Waals surface area contributed by atoms with Crippen LogP contribution >= 0.6 is 0 Å². The molecule has 0 aliphatic rings. The van der Waals surface area contributed by atoms with Crippen LogP contribution < -0.4 is 16.4 Å². The van der Waals surface area contributed by atoms with E-state index in [1.54, 1.807) is 11.8 Å². The number of hydrogen-bond donors (Lipinski definition) is 4. The van der Waals surface area contributed by atoms with Gasteiger partial charge < -0.3 is 21.3 Å². The topological polar surface area (TPSA) is 111 Å². The molecule has 0 fully saturated rings. The van der Waals surface area contributed by atoms with Crippen molar-refractivity contribution >= 4 is 17.6 Å². The van der Waals surface area contributed by atoms with E-state index in [0.29, 0.717) is 13.1 Å². The van der Waals surface area contributed by atoms with Gasteiger partial charge in [0, 0.05) is 37.0 Å². The SMILES string of the molecule is CCC(C)(CC)N[C@@H](CCCCNC(=N)N)CN(CC(=O)C(C)(CC)CC)C(C)=O. The van der Waals surface area contributed by atoms with Crippen LogP contribution in [-0.2, 0) is 9.59 Å². The van der Waals surface area contributed by atoms with Crippen LogP contribution in [0.5, 0.6) is 0 Å². The number of carbonyl (C=O) groups excluding carboxylic acids is 2. The van der Waals surface area contributed by atoms with E-state index in [2.05, 4.69) is 31.4 Å². The minimum absolute atomic E-state index is 0.00385. The summed E-state index contributed by atoms with van der Waals surface area (Å²) in [4.78, 5) is 27.0. The normalized spacial score (nSPS) is 13.0. The maximum absolute atomic E-state index is 12.9. The van der Waals surface area contributed by atoms with Gasteiger partial charge in [-0.15, -0.1) is 0 Å². The molecule has 7 nitrogen and oxygen atoms in total. The third-order valence-corrected chi connectivity index (χ3v) is 6.86. The Morgan fingerprint density at radius 3 is 2.03 bits per heavy atom. The molecule has 0 aromatic carbocycles. The van der Waals surface area contributed by atoms with Gasteiger partial charge in [-0.05, 0) is 45.4 Å². The predicted molar refractivity (Wildman–Crippen MR) is 126 cm³/mol. The number of guanidine groups is 1. The molecule has 176 valence electrons. The summed E-state index contributed by atoms with van der Waals surface area (Å²) in [6.45, 7) is 15.5. The molecule has 0 saturated heterocycles. The number of nitrogens with zero attached hydrogens (tertiary/aromatic N) is 1. The van der Waals surface area contributed by atoms with E-state index in [0.717, 1.165) is 44.9 Å². The molecule has 0 aromatic heterocycles. The van der Waals surface area contributed by atoms with E-state index in [-0.39, 0.29) is 41.2 Å². The number of ketones is 1. The van der Waals surface area contributed by atoms with Gasteiger partial charge in [0.1, 0.15) is 0 Å². The predicted octanol–water partition coefficient (Wildman–Crippen LogP) is 3.42. The largest absolute Gasteiger partial charge is 0.370 e. The van der Waals surface area contributed by atoms with Crippen molar-refractivity contribution in [2.24, 2.45) is 11.1 Å². The van der Waals surface area contributed by atoms with Crippen molar-refractivity contribution in [2.45, 2.75) is 105 Å². The molecule has 0 saturated carbocycles. The molecule has 0 spiro atoms. The van der Waals surface area contributed by atoms with Crippen LogP contribution in [0.4, 0.5) is 0 Å². The average molecular weight is 426 g/mol. The molecule has 0 bridgehead atoms. The minimum Gasteiger partial charge on any atom is -0.370 e. The van der Waals surface area contributed by atoms with Crippen molar-refractivity contribution in [3.8, 4) is 0 Å². The van der Waals surface area contributed by atoms with Crippen LogP contribution in [0.25, 0.3) is 0 Å². The van der Waals surface area contributed by atoms with E-state index < -0.39 is 0 Å². The van der Waals surface area contributed by atoms with Gasteiger partial charge in [0.15, 0.2) is 11.7 Å². The lowest BCUT2D eigenvalue weighted by Crippen LogP contribution is -2.53. The monoisotopic (exact) mass is 425 g/mol. The molecule has 0 rings (SSSR count). The van der Waals surface area contributed by atoms with E-state index >= 15 is 0 Å². The third-order valence-electron chi connectivity index (χ3n) is 6.86. The van der Waals surface area contributed by atoms with Crippen molar-refractivity contribution in [3.63, 3.8) is 0 Å². The molecular formula is C23H47N5O2. The number of Topliss-reactive ketones (excluding diaryl/α,β-unsaturated/α-hetero) is 1. The fraction of sp³-hybridized carbons (Fsp3) is 0.870. The zero-order valence-corrected chi connectivity index (χ0v) is 20.5. The molecule has 0 unspecified atom stereocenters. The van der Waals surface area contributed by atoms with Gasteiger partial charge in [-0.1, -0.05) is 41.0 Å². The molecule has 0 radical (unpaired) electrons. The molecule has 0 aromatic rings. The van der Waals surface area contributed by atoms with Crippen molar-refractivity contribution in [1.82, 2.24) is 15.5 Å². The first-order valence-electron chi connectivity index (χ1n) is 11.6. The number of amides is 1. The summed E-state index contributed by atoms with van der Waals surface area (Å²) in [5.74, 6) is 0.0730. The van der Waals surface area contributed by atoms with Crippen molar-refractivity contribution in [2.75, 3.05) is 19.6 Å². The first-order chi connectivity index (χ1) is 14.0. The number of hydrogen-bond acceptors (Lipinski definition) is 4. The molecule has 5 N–H and O–H groups in total. The van der Waals surface area contributed by atoms with Crippen LogP contribution in [0.1, 0.15) is 93.4 Å². The second kappa shape index (κ2) is 13.6. The van der Waals surface area contributed by atoms with Crippen LogP contribution in [0.2, 0.25) is 0 Å². The second-order valence-electron chi connectivity index (χ2n) is 9.04.